The van der Waals surface area contributed by atoms with Gasteiger partial charge in [-0.2, -0.15) is 4.68 Å². The third kappa shape index (κ3) is 3.51. The summed E-state index contributed by atoms with van der Waals surface area (Å²) in [5.41, 5.74) is 1.47. The van der Waals surface area contributed by atoms with E-state index >= 15 is 0 Å². The van der Waals surface area contributed by atoms with Gasteiger partial charge >= 0.3 is 0 Å². The summed E-state index contributed by atoms with van der Waals surface area (Å²) in [5, 5.41) is 8.29. The molecule has 0 saturated carbocycles. The van der Waals surface area contributed by atoms with Crippen LogP contribution in [0.5, 0.6) is 0 Å². The van der Waals surface area contributed by atoms with E-state index in [0.29, 0.717) is 48.8 Å². The zero-order valence-electron chi connectivity index (χ0n) is 16.6. The minimum Gasteiger partial charge on any atom is -0.351 e. The van der Waals surface area contributed by atoms with Gasteiger partial charge < -0.3 is 9.80 Å². The molecule has 1 aliphatic heterocycles. The molecule has 0 aliphatic carbocycles. The van der Waals surface area contributed by atoms with Crippen molar-refractivity contribution in [2.24, 2.45) is 0 Å². The number of rotatable bonds is 3. The lowest BCUT2D eigenvalue weighted by molar-refractivity contribution is 0.0746. The van der Waals surface area contributed by atoms with Crippen molar-refractivity contribution in [3.8, 4) is 5.69 Å². The monoisotopic (exact) mass is 439 g/mol. The van der Waals surface area contributed by atoms with Gasteiger partial charge in [0.1, 0.15) is 12.1 Å². The van der Waals surface area contributed by atoms with E-state index in [1.807, 2.05) is 4.90 Å². The van der Waals surface area contributed by atoms with E-state index in [1.165, 1.54) is 29.2 Å². The number of halogens is 3. The number of aromatic nitrogens is 5. The van der Waals surface area contributed by atoms with Gasteiger partial charge in [0.05, 0.1) is 5.69 Å². The topological polar surface area (TPSA) is 80.0 Å². The van der Waals surface area contributed by atoms with Crippen molar-refractivity contribution in [1.29, 1.82) is 0 Å². The first kappa shape index (κ1) is 19.9. The predicted octanol–water partition coefficient (Wildman–Crippen LogP) is 2.59. The molecule has 1 saturated heterocycles. The van der Waals surface area contributed by atoms with Crippen LogP contribution in [-0.4, -0.2) is 61.9 Å². The highest BCUT2D eigenvalue weighted by molar-refractivity contribution is 5.94. The van der Waals surface area contributed by atoms with E-state index in [1.54, 1.807) is 17.0 Å². The summed E-state index contributed by atoms with van der Waals surface area (Å²) in [4.78, 5) is 24.7. The summed E-state index contributed by atoms with van der Waals surface area (Å²) in [6.07, 6.45) is 1.38. The smallest absolute Gasteiger partial charge is 0.254 e. The highest BCUT2D eigenvalue weighted by Crippen LogP contribution is 2.24. The van der Waals surface area contributed by atoms with Crippen molar-refractivity contribution in [2.75, 3.05) is 31.1 Å². The van der Waals surface area contributed by atoms with Crippen molar-refractivity contribution in [3.63, 3.8) is 0 Å². The number of nitrogens with zero attached hydrogens (tertiary/aromatic N) is 7. The first-order valence-corrected chi connectivity index (χ1v) is 9.83. The molecule has 1 aliphatic rings. The molecule has 0 N–H and O–H groups in total. The Morgan fingerprint density at radius 3 is 2.47 bits per heavy atom. The van der Waals surface area contributed by atoms with Crippen LogP contribution in [0, 0.1) is 17.5 Å². The van der Waals surface area contributed by atoms with Crippen molar-refractivity contribution in [2.45, 2.75) is 0 Å². The van der Waals surface area contributed by atoms with Gasteiger partial charge in [-0.1, -0.05) is 11.3 Å². The Kier molecular flexibility index (Phi) is 4.92. The second-order valence-electron chi connectivity index (χ2n) is 7.26. The normalized spacial score (nSPS) is 14.2. The van der Waals surface area contributed by atoms with Crippen molar-refractivity contribution in [3.05, 3.63) is 71.8 Å². The van der Waals surface area contributed by atoms with Crippen LogP contribution in [0.4, 0.5) is 19.0 Å². The average Bonchev–Trinajstić information content (AvgIpc) is 3.25. The highest BCUT2D eigenvalue weighted by Gasteiger charge is 2.26. The summed E-state index contributed by atoms with van der Waals surface area (Å²) in [6, 6.07) is 9.06. The van der Waals surface area contributed by atoms with Crippen LogP contribution < -0.4 is 4.90 Å². The maximum Gasteiger partial charge on any atom is 0.254 e. The SMILES string of the molecule is O=C(c1ccc(F)c(F)c1)N1CCN(c2ncnc3c2nnn3-c2cccc(F)c2)CC1. The molecule has 0 unspecified atom stereocenters. The van der Waals surface area contributed by atoms with E-state index in [9.17, 15) is 18.0 Å². The molecular weight excluding hydrogens is 423 g/mol. The predicted molar refractivity (Wildman–Crippen MR) is 109 cm³/mol. The van der Waals surface area contributed by atoms with Crippen LogP contribution in [0.3, 0.4) is 0 Å². The van der Waals surface area contributed by atoms with E-state index < -0.39 is 17.5 Å². The van der Waals surface area contributed by atoms with E-state index in [4.69, 9.17) is 0 Å². The van der Waals surface area contributed by atoms with Gasteiger partial charge in [-0.25, -0.2) is 23.1 Å². The van der Waals surface area contributed by atoms with Crippen LogP contribution >= 0.6 is 0 Å². The molecule has 11 heteroatoms. The molecule has 1 amide bonds. The number of carbonyl (C=O) groups is 1. The van der Waals surface area contributed by atoms with Gasteiger partial charge in [0.15, 0.2) is 28.6 Å². The second-order valence-corrected chi connectivity index (χ2v) is 7.26. The Morgan fingerprint density at radius 1 is 0.906 bits per heavy atom. The third-order valence-corrected chi connectivity index (χ3v) is 5.30. The quantitative estimate of drug-likeness (QED) is 0.488. The third-order valence-electron chi connectivity index (χ3n) is 5.30. The van der Waals surface area contributed by atoms with E-state index in [-0.39, 0.29) is 11.5 Å². The van der Waals surface area contributed by atoms with Gasteiger partial charge in [-0.05, 0) is 36.4 Å². The van der Waals surface area contributed by atoms with Crippen LogP contribution in [0.25, 0.3) is 16.9 Å². The minimum atomic E-state index is -1.06. The van der Waals surface area contributed by atoms with Gasteiger partial charge in [0.25, 0.3) is 5.91 Å². The molecule has 0 radical (unpaired) electrons. The van der Waals surface area contributed by atoms with Crippen LogP contribution in [-0.2, 0) is 0 Å². The molecule has 0 bridgehead atoms. The summed E-state index contributed by atoms with van der Waals surface area (Å²) in [7, 11) is 0. The van der Waals surface area contributed by atoms with Gasteiger partial charge in [0, 0.05) is 31.7 Å². The molecule has 2 aromatic heterocycles. The highest BCUT2D eigenvalue weighted by atomic mass is 19.2. The zero-order chi connectivity index (χ0) is 22.2. The number of amides is 1. The van der Waals surface area contributed by atoms with Gasteiger partial charge in [-0.3, -0.25) is 4.79 Å². The lowest BCUT2D eigenvalue weighted by Gasteiger charge is -2.35. The minimum absolute atomic E-state index is 0.0970. The molecule has 1 fully saturated rings. The molecule has 2 aromatic carbocycles. The lowest BCUT2D eigenvalue weighted by Crippen LogP contribution is -2.49. The number of carbonyl (C=O) groups excluding carboxylic acids is 1. The Bertz CT molecular complexity index is 1320. The fourth-order valence-corrected chi connectivity index (χ4v) is 3.68. The fraction of sp³-hybridized carbons (Fsp3) is 0.190. The van der Waals surface area contributed by atoms with Crippen molar-refractivity contribution >= 4 is 22.9 Å². The Balaban J connectivity index is 1.36. The maximum atomic E-state index is 13.6. The number of benzene rings is 2. The number of hydrogen-bond acceptors (Lipinski definition) is 6. The summed E-state index contributed by atoms with van der Waals surface area (Å²) in [6.45, 7) is 1.63. The molecule has 162 valence electrons. The second kappa shape index (κ2) is 7.91. The fourth-order valence-electron chi connectivity index (χ4n) is 3.68. The maximum absolute atomic E-state index is 13.6. The summed E-state index contributed by atoms with van der Waals surface area (Å²) < 4.78 is 41.7. The van der Waals surface area contributed by atoms with Crippen molar-refractivity contribution in [1.82, 2.24) is 29.9 Å². The zero-order valence-corrected chi connectivity index (χ0v) is 16.6. The molecule has 3 heterocycles. The van der Waals surface area contributed by atoms with E-state index in [0.717, 1.165) is 12.1 Å². The van der Waals surface area contributed by atoms with Gasteiger partial charge in [-0.15, -0.1) is 5.10 Å². The standard InChI is InChI=1S/C21H16F3N7O/c22-14-2-1-3-15(11-14)31-20-18(27-28-31)19(25-12-26-20)29-6-8-30(9-7-29)21(32)13-4-5-16(23)17(24)10-13/h1-5,10-12H,6-9H2. The Labute approximate surface area is 179 Å². The summed E-state index contributed by atoms with van der Waals surface area (Å²) in [5.74, 6) is -2.27. The molecule has 32 heavy (non-hydrogen) atoms. The van der Waals surface area contributed by atoms with E-state index in [2.05, 4.69) is 20.3 Å². The van der Waals surface area contributed by atoms with Gasteiger partial charge in [0.2, 0.25) is 0 Å². The summed E-state index contributed by atoms with van der Waals surface area (Å²) >= 11 is 0. The molecular formula is C21H16F3N7O. The Hall–Kier alpha value is -4.02. The molecule has 8 nitrogen and oxygen atoms in total. The number of hydrogen-bond donors (Lipinski definition) is 0. The number of anilines is 1. The largest absolute Gasteiger partial charge is 0.351 e. The molecule has 4 aromatic rings. The number of piperazine rings is 1. The molecule has 0 atom stereocenters. The van der Waals surface area contributed by atoms with Crippen molar-refractivity contribution < 1.29 is 18.0 Å². The number of fused-ring (bicyclic) bond motifs is 1. The first-order chi connectivity index (χ1) is 15.5. The average molecular weight is 439 g/mol. The van der Waals surface area contributed by atoms with Crippen LogP contribution in [0.15, 0.2) is 48.8 Å². The Morgan fingerprint density at radius 2 is 1.72 bits per heavy atom. The molecule has 5 rings (SSSR count). The first-order valence-electron chi connectivity index (χ1n) is 9.83. The lowest BCUT2D eigenvalue weighted by atomic mass is 10.1. The van der Waals surface area contributed by atoms with Crippen LogP contribution in [0.1, 0.15) is 10.4 Å². The van der Waals surface area contributed by atoms with Crippen LogP contribution in [0.2, 0.25) is 0 Å². The molecule has 0 spiro atoms.